The van der Waals surface area contributed by atoms with Crippen LogP contribution in [0, 0.1) is 0 Å². The largest absolute Gasteiger partial charge is 0.469 e. The van der Waals surface area contributed by atoms with E-state index >= 15 is 0 Å². The molecule has 0 amide bonds. The Morgan fingerprint density at radius 1 is 1.50 bits per heavy atom. The average Bonchev–Trinajstić information content (AvgIpc) is 2.65. The van der Waals surface area contributed by atoms with Gasteiger partial charge in [0.15, 0.2) is 0 Å². The van der Waals surface area contributed by atoms with E-state index < -0.39 is 12.0 Å². The lowest BCUT2D eigenvalue weighted by Gasteiger charge is -2.05. The number of nitrogen functional groups attached to an aromatic ring is 1. The van der Waals surface area contributed by atoms with Crippen LogP contribution in [0.4, 0.5) is 13.2 Å². The van der Waals surface area contributed by atoms with Crippen LogP contribution in [-0.4, -0.2) is 33.7 Å². The zero-order chi connectivity index (χ0) is 13.8. The highest BCUT2D eigenvalue weighted by molar-refractivity contribution is 7.99. The minimum absolute atomic E-state index is 0.0489. The van der Waals surface area contributed by atoms with Gasteiger partial charge in [-0.1, -0.05) is 11.8 Å². The van der Waals surface area contributed by atoms with E-state index in [1.54, 1.807) is 0 Å². The molecular formula is C8H11F3N4O2S. The van der Waals surface area contributed by atoms with Crippen LogP contribution in [0.2, 0.25) is 0 Å². The first-order valence-corrected chi connectivity index (χ1v) is 5.82. The van der Waals surface area contributed by atoms with Crippen LogP contribution in [0.3, 0.4) is 0 Å². The second-order valence-corrected chi connectivity index (χ2v) is 4.26. The van der Waals surface area contributed by atoms with Crippen LogP contribution in [0.15, 0.2) is 5.16 Å². The molecule has 102 valence electrons. The number of hydrogen-bond donors (Lipinski definition) is 1. The van der Waals surface area contributed by atoms with E-state index in [9.17, 15) is 18.0 Å². The van der Waals surface area contributed by atoms with Crippen molar-refractivity contribution >= 4 is 17.7 Å². The molecular weight excluding hydrogens is 273 g/mol. The molecule has 0 saturated carbocycles. The Balaban J connectivity index is 2.49. The number of thioether (sulfide) groups is 1. The number of nitrogens with two attached hydrogens (primary N) is 1. The van der Waals surface area contributed by atoms with Gasteiger partial charge in [-0.2, -0.15) is 13.2 Å². The van der Waals surface area contributed by atoms with E-state index in [1.165, 1.54) is 7.11 Å². The van der Waals surface area contributed by atoms with Gasteiger partial charge in [0, 0.05) is 12.2 Å². The topological polar surface area (TPSA) is 83.0 Å². The smallest absolute Gasteiger partial charge is 0.453 e. The van der Waals surface area contributed by atoms with E-state index in [2.05, 4.69) is 14.9 Å². The summed E-state index contributed by atoms with van der Waals surface area (Å²) in [6.07, 6.45) is -3.99. The Bertz CT molecular complexity index is 421. The lowest BCUT2D eigenvalue weighted by Crippen LogP contribution is -2.21. The molecule has 6 nitrogen and oxygen atoms in total. The first kappa shape index (κ1) is 14.6. The van der Waals surface area contributed by atoms with Gasteiger partial charge in [0.25, 0.3) is 5.82 Å². The van der Waals surface area contributed by atoms with Gasteiger partial charge in [-0.15, -0.1) is 10.2 Å². The van der Waals surface area contributed by atoms with Crippen molar-refractivity contribution in [3.05, 3.63) is 5.82 Å². The fourth-order valence-corrected chi connectivity index (χ4v) is 1.85. The van der Waals surface area contributed by atoms with Crippen LogP contribution < -0.4 is 5.84 Å². The van der Waals surface area contributed by atoms with E-state index in [0.29, 0.717) is 16.8 Å². The molecule has 1 heterocycles. The van der Waals surface area contributed by atoms with Gasteiger partial charge in [0.1, 0.15) is 0 Å². The summed E-state index contributed by atoms with van der Waals surface area (Å²) in [5.74, 6) is 3.98. The van der Waals surface area contributed by atoms with Crippen LogP contribution in [-0.2, 0) is 15.7 Å². The Labute approximate surface area is 105 Å². The molecule has 0 aromatic carbocycles. The number of ether oxygens (including phenoxy) is 1. The van der Waals surface area contributed by atoms with Gasteiger partial charge in [-0.3, -0.25) is 4.79 Å². The molecule has 0 aliphatic heterocycles. The first-order valence-electron chi connectivity index (χ1n) is 4.83. The van der Waals surface area contributed by atoms with E-state index in [0.717, 1.165) is 11.8 Å². The summed E-state index contributed by atoms with van der Waals surface area (Å²) in [4.78, 5) is 10.8. The summed E-state index contributed by atoms with van der Waals surface area (Å²) >= 11 is 0.993. The number of hydrogen-bond acceptors (Lipinski definition) is 6. The predicted octanol–water partition coefficient (Wildman–Crippen LogP) is 1.06. The maximum absolute atomic E-state index is 12.3. The number of esters is 1. The van der Waals surface area contributed by atoms with Crippen molar-refractivity contribution in [3.8, 4) is 0 Å². The molecule has 0 radical (unpaired) electrons. The number of methoxy groups -OCH3 is 1. The van der Waals surface area contributed by atoms with Gasteiger partial charge in [0.2, 0.25) is 5.16 Å². The molecule has 0 spiro atoms. The highest BCUT2D eigenvalue weighted by atomic mass is 32.2. The highest BCUT2D eigenvalue weighted by Crippen LogP contribution is 2.28. The van der Waals surface area contributed by atoms with Gasteiger partial charge in [0.05, 0.1) is 7.11 Å². The third kappa shape index (κ3) is 3.79. The third-order valence-corrected chi connectivity index (χ3v) is 2.93. The van der Waals surface area contributed by atoms with Crippen LogP contribution in [0.1, 0.15) is 18.7 Å². The first-order chi connectivity index (χ1) is 8.36. The van der Waals surface area contributed by atoms with Crippen molar-refractivity contribution in [2.24, 2.45) is 0 Å². The molecule has 0 aliphatic rings. The average molecular weight is 284 g/mol. The Kier molecular flexibility index (Phi) is 4.82. The summed E-state index contributed by atoms with van der Waals surface area (Å²) in [5, 5.41) is 6.25. The summed E-state index contributed by atoms with van der Waals surface area (Å²) in [6.45, 7) is 0. The Morgan fingerprint density at radius 3 is 2.67 bits per heavy atom. The van der Waals surface area contributed by atoms with Crippen LogP contribution in [0.25, 0.3) is 0 Å². The fraction of sp³-hybridized carbons (Fsp3) is 0.625. The zero-order valence-corrected chi connectivity index (χ0v) is 10.2. The molecule has 0 bridgehead atoms. The van der Waals surface area contributed by atoms with Crippen LogP contribution >= 0.6 is 11.8 Å². The number of halogens is 3. The number of nitrogens with zero attached hydrogens (tertiary/aromatic N) is 3. The van der Waals surface area contributed by atoms with Crippen molar-refractivity contribution in [3.63, 3.8) is 0 Å². The second-order valence-electron chi connectivity index (χ2n) is 3.20. The molecule has 2 N–H and O–H groups in total. The molecule has 0 unspecified atom stereocenters. The quantitative estimate of drug-likeness (QED) is 0.377. The minimum Gasteiger partial charge on any atom is -0.469 e. The standard InChI is InChI=1S/C8H11F3N4O2S/c1-17-5(16)3-2-4-18-7-14-13-6(15(7)12)8(9,10)11/h2-4,12H2,1H3. The molecule has 0 saturated heterocycles. The van der Waals surface area contributed by atoms with Crippen molar-refractivity contribution in [1.82, 2.24) is 14.9 Å². The molecule has 1 aromatic heterocycles. The highest BCUT2D eigenvalue weighted by Gasteiger charge is 2.38. The summed E-state index contributed by atoms with van der Waals surface area (Å²) < 4.78 is 41.8. The molecule has 10 heteroatoms. The van der Waals surface area contributed by atoms with E-state index in [4.69, 9.17) is 5.84 Å². The molecule has 18 heavy (non-hydrogen) atoms. The summed E-state index contributed by atoms with van der Waals surface area (Å²) in [7, 11) is 1.27. The van der Waals surface area contributed by atoms with E-state index in [-0.39, 0.29) is 17.5 Å². The fourth-order valence-electron chi connectivity index (χ4n) is 1.05. The number of carbonyl (C=O) groups excluding carboxylic acids is 1. The minimum atomic E-state index is -4.63. The van der Waals surface area contributed by atoms with Gasteiger partial charge in [-0.05, 0) is 6.42 Å². The van der Waals surface area contributed by atoms with Crippen molar-refractivity contribution in [2.45, 2.75) is 24.2 Å². The number of aromatic nitrogens is 3. The Morgan fingerprint density at radius 2 is 2.17 bits per heavy atom. The SMILES string of the molecule is COC(=O)CCCSc1nnc(C(F)(F)F)n1N. The predicted molar refractivity (Wildman–Crippen MR) is 57.1 cm³/mol. The lowest BCUT2D eigenvalue weighted by atomic mass is 10.3. The summed E-state index contributed by atoms with van der Waals surface area (Å²) in [5.41, 5.74) is 0. The zero-order valence-electron chi connectivity index (χ0n) is 9.40. The van der Waals surface area contributed by atoms with Crippen molar-refractivity contribution in [1.29, 1.82) is 0 Å². The molecule has 0 aliphatic carbocycles. The summed E-state index contributed by atoms with van der Waals surface area (Å²) in [6, 6.07) is 0. The third-order valence-electron chi connectivity index (χ3n) is 1.90. The monoisotopic (exact) mass is 284 g/mol. The molecule has 0 fully saturated rings. The number of rotatable bonds is 5. The molecule has 1 rings (SSSR count). The normalized spacial score (nSPS) is 11.6. The van der Waals surface area contributed by atoms with Crippen LogP contribution in [0.5, 0.6) is 0 Å². The van der Waals surface area contributed by atoms with Gasteiger partial charge >= 0.3 is 12.1 Å². The van der Waals surface area contributed by atoms with E-state index in [1.807, 2.05) is 0 Å². The maximum atomic E-state index is 12.3. The van der Waals surface area contributed by atoms with Gasteiger partial charge < -0.3 is 10.6 Å². The van der Waals surface area contributed by atoms with Crippen molar-refractivity contribution in [2.75, 3.05) is 18.7 Å². The molecule has 0 atom stereocenters. The number of alkyl halides is 3. The number of carbonyl (C=O) groups is 1. The van der Waals surface area contributed by atoms with Crippen molar-refractivity contribution < 1.29 is 22.7 Å². The maximum Gasteiger partial charge on any atom is 0.453 e. The lowest BCUT2D eigenvalue weighted by molar-refractivity contribution is -0.147. The van der Waals surface area contributed by atoms with Gasteiger partial charge in [-0.25, -0.2) is 4.68 Å². The molecule has 1 aromatic rings. The Hall–Kier alpha value is -1.45. The second kappa shape index (κ2) is 5.94.